The maximum absolute atomic E-state index is 12.3. The first-order valence-electron chi connectivity index (χ1n) is 6.06. The third-order valence-corrected chi connectivity index (χ3v) is 3.93. The maximum Gasteiger partial charge on any atom is 0.329 e. The summed E-state index contributed by atoms with van der Waals surface area (Å²) in [5.41, 5.74) is 5.75. The van der Waals surface area contributed by atoms with Crippen LogP contribution in [0.1, 0.15) is 6.92 Å². The Kier molecular flexibility index (Phi) is 4.29. The molecule has 0 bridgehead atoms. The fourth-order valence-electron chi connectivity index (χ4n) is 1.90. The molecule has 0 aliphatic carbocycles. The van der Waals surface area contributed by atoms with Gasteiger partial charge in [-0.15, -0.1) is 0 Å². The number of hydrogen-bond acceptors (Lipinski definition) is 5. The van der Waals surface area contributed by atoms with Crippen molar-refractivity contribution >= 4 is 35.2 Å². The summed E-state index contributed by atoms with van der Waals surface area (Å²) >= 11 is 1.13. The monoisotopic (exact) mass is 294 g/mol. The Bertz CT molecular complexity index is 561. The largest absolute Gasteiger partial charge is 0.465 e. The molecule has 0 saturated carbocycles. The lowest BCUT2D eigenvalue weighted by Gasteiger charge is -2.31. The maximum atomic E-state index is 12.3. The van der Waals surface area contributed by atoms with Crippen LogP contribution in [-0.4, -0.2) is 36.2 Å². The zero-order chi connectivity index (χ0) is 14.7. The van der Waals surface area contributed by atoms with Gasteiger partial charge in [-0.25, -0.2) is 0 Å². The van der Waals surface area contributed by atoms with Gasteiger partial charge in [-0.2, -0.15) is 0 Å². The molecule has 0 aromatic heterocycles. The highest BCUT2D eigenvalue weighted by Gasteiger charge is 2.39. The lowest BCUT2D eigenvalue weighted by atomic mass is 10.2. The van der Waals surface area contributed by atoms with E-state index in [0.717, 1.165) is 16.7 Å². The lowest BCUT2D eigenvalue weighted by molar-refractivity contribution is -0.145. The van der Waals surface area contributed by atoms with Crippen molar-refractivity contribution in [2.45, 2.75) is 17.1 Å². The van der Waals surface area contributed by atoms with Gasteiger partial charge in [0, 0.05) is 4.90 Å². The highest BCUT2D eigenvalue weighted by molar-refractivity contribution is 8.01. The van der Waals surface area contributed by atoms with Gasteiger partial charge in [0.1, 0.15) is 6.54 Å². The van der Waals surface area contributed by atoms with Gasteiger partial charge in [-0.05, 0) is 19.1 Å². The highest BCUT2D eigenvalue weighted by Crippen LogP contribution is 2.39. The third-order valence-electron chi connectivity index (χ3n) is 2.71. The number of nitrogens with two attached hydrogens (primary N) is 1. The smallest absolute Gasteiger partial charge is 0.329 e. The SMILES string of the molecule is CCOC(=O)C1Sc2ccccc2N(CC(N)=O)C1=O. The van der Waals surface area contributed by atoms with Gasteiger partial charge in [0.05, 0.1) is 12.3 Å². The number of amides is 2. The lowest BCUT2D eigenvalue weighted by Crippen LogP contribution is -2.48. The minimum atomic E-state index is -0.996. The first-order chi connectivity index (χ1) is 9.54. The zero-order valence-electron chi connectivity index (χ0n) is 10.9. The molecular formula is C13H14N2O4S. The van der Waals surface area contributed by atoms with E-state index in [1.807, 2.05) is 0 Å². The zero-order valence-corrected chi connectivity index (χ0v) is 11.7. The van der Waals surface area contributed by atoms with E-state index in [2.05, 4.69) is 0 Å². The molecule has 0 spiro atoms. The van der Waals surface area contributed by atoms with E-state index in [1.165, 1.54) is 4.90 Å². The average Bonchev–Trinajstić information content (AvgIpc) is 2.41. The molecule has 1 atom stereocenters. The van der Waals surface area contributed by atoms with E-state index in [0.29, 0.717) is 5.69 Å². The number of primary amides is 1. The molecule has 20 heavy (non-hydrogen) atoms. The van der Waals surface area contributed by atoms with Crippen LogP contribution in [0.3, 0.4) is 0 Å². The number of thioether (sulfide) groups is 1. The summed E-state index contributed by atoms with van der Waals surface area (Å²) in [7, 11) is 0. The van der Waals surface area contributed by atoms with Gasteiger partial charge < -0.3 is 15.4 Å². The number of anilines is 1. The van der Waals surface area contributed by atoms with Crippen LogP contribution in [0.5, 0.6) is 0 Å². The van der Waals surface area contributed by atoms with Crippen LogP contribution in [-0.2, 0) is 19.1 Å². The number of fused-ring (bicyclic) bond motifs is 1. The van der Waals surface area contributed by atoms with Crippen molar-refractivity contribution in [2.24, 2.45) is 5.73 Å². The molecule has 0 radical (unpaired) electrons. The van der Waals surface area contributed by atoms with E-state index in [4.69, 9.17) is 10.5 Å². The van der Waals surface area contributed by atoms with E-state index < -0.39 is 23.0 Å². The number of para-hydroxylation sites is 1. The summed E-state index contributed by atoms with van der Waals surface area (Å²) < 4.78 is 4.90. The summed E-state index contributed by atoms with van der Waals surface area (Å²) in [6.45, 7) is 1.61. The van der Waals surface area contributed by atoms with Crippen LogP contribution in [0.25, 0.3) is 0 Å². The van der Waals surface area contributed by atoms with Gasteiger partial charge in [0.2, 0.25) is 5.91 Å². The number of rotatable bonds is 4. The minimum Gasteiger partial charge on any atom is -0.465 e. The van der Waals surface area contributed by atoms with Crippen molar-refractivity contribution in [3.63, 3.8) is 0 Å². The van der Waals surface area contributed by atoms with Gasteiger partial charge in [-0.1, -0.05) is 23.9 Å². The van der Waals surface area contributed by atoms with Crippen molar-refractivity contribution in [2.75, 3.05) is 18.1 Å². The van der Waals surface area contributed by atoms with Gasteiger partial charge in [-0.3, -0.25) is 14.4 Å². The summed E-state index contributed by atoms with van der Waals surface area (Å²) in [4.78, 5) is 37.3. The molecule has 7 heteroatoms. The van der Waals surface area contributed by atoms with E-state index in [1.54, 1.807) is 31.2 Å². The van der Waals surface area contributed by atoms with Crippen molar-refractivity contribution in [1.29, 1.82) is 0 Å². The molecule has 2 amide bonds. The summed E-state index contributed by atoms with van der Waals surface area (Å²) in [6, 6.07) is 7.05. The molecule has 1 aliphatic heterocycles. The summed E-state index contributed by atoms with van der Waals surface area (Å²) in [5.74, 6) is -1.72. The molecule has 2 N–H and O–H groups in total. The fraction of sp³-hybridized carbons (Fsp3) is 0.308. The fourth-order valence-corrected chi connectivity index (χ4v) is 3.01. The Morgan fingerprint density at radius 2 is 2.10 bits per heavy atom. The minimum absolute atomic E-state index is 0.195. The topological polar surface area (TPSA) is 89.7 Å². The average molecular weight is 294 g/mol. The van der Waals surface area contributed by atoms with Crippen LogP contribution in [0, 0.1) is 0 Å². The molecule has 1 heterocycles. The Labute approximate surface area is 120 Å². The molecule has 0 saturated heterocycles. The molecule has 0 fully saturated rings. The van der Waals surface area contributed by atoms with Crippen molar-refractivity contribution in [3.8, 4) is 0 Å². The second kappa shape index (κ2) is 5.96. The number of carbonyl (C=O) groups excluding carboxylic acids is 3. The Morgan fingerprint density at radius 1 is 1.40 bits per heavy atom. The molecule has 1 unspecified atom stereocenters. The molecule has 106 valence electrons. The first kappa shape index (κ1) is 14.4. The number of esters is 1. The van der Waals surface area contributed by atoms with Crippen LogP contribution in [0.4, 0.5) is 5.69 Å². The Balaban J connectivity index is 2.37. The van der Waals surface area contributed by atoms with Crippen LogP contribution < -0.4 is 10.6 Å². The predicted molar refractivity (Wildman–Crippen MR) is 74.3 cm³/mol. The van der Waals surface area contributed by atoms with Crippen LogP contribution in [0.2, 0.25) is 0 Å². The van der Waals surface area contributed by atoms with E-state index in [9.17, 15) is 14.4 Å². The number of benzene rings is 1. The summed E-state index contributed by atoms with van der Waals surface area (Å²) in [5, 5.41) is -0.996. The second-order valence-electron chi connectivity index (χ2n) is 4.11. The molecule has 1 aliphatic rings. The molecular weight excluding hydrogens is 280 g/mol. The Morgan fingerprint density at radius 3 is 2.75 bits per heavy atom. The second-order valence-corrected chi connectivity index (χ2v) is 5.26. The highest BCUT2D eigenvalue weighted by atomic mass is 32.2. The number of hydrogen-bond donors (Lipinski definition) is 1. The van der Waals surface area contributed by atoms with Crippen LogP contribution in [0.15, 0.2) is 29.2 Å². The quantitative estimate of drug-likeness (QED) is 0.646. The third kappa shape index (κ3) is 2.77. The molecule has 2 rings (SSSR count). The van der Waals surface area contributed by atoms with E-state index in [-0.39, 0.29) is 13.2 Å². The van der Waals surface area contributed by atoms with Crippen LogP contribution >= 0.6 is 11.8 Å². The van der Waals surface area contributed by atoms with Gasteiger partial charge in [0.25, 0.3) is 5.91 Å². The van der Waals surface area contributed by atoms with Crippen molar-refractivity contribution in [1.82, 2.24) is 0 Å². The van der Waals surface area contributed by atoms with Crippen molar-refractivity contribution in [3.05, 3.63) is 24.3 Å². The normalized spacial score (nSPS) is 17.6. The Hall–Kier alpha value is -2.02. The molecule has 1 aromatic carbocycles. The molecule has 1 aromatic rings. The number of nitrogens with zero attached hydrogens (tertiary/aromatic N) is 1. The van der Waals surface area contributed by atoms with Crippen molar-refractivity contribution < 1.29 is 19.1 Å². The number of ether oxygens (including phenoxy) is 1. The number of carbonyl (C=O) groups is 3. The molecule has 6 nitrogen and oxygen atoms in total. The van der Waals surface area contributed by atoms with Gasteiger partial charge in [0.15, 0.2) is 5.25 Å². The first-order valence-corrected chi connectivity index (χ1v) is 6.94. The predicted octanol–water partition coefficient (Wildman–Crippen LogP) is 0.542. The standard InChI is InChI=1S/C13H14N2O4S/c1-2-19-13(18)11-12(17)15(7-10(14)16)8-5-3-4-6-9(8)20-11/h3-6,11H,2,7H2,1H3,(H2,14,16). The van der Waals surface area contributed by atoms with E-state index >= 15 is 0 Å². The summed E-state index contributed by atoms with van der Waals surface area (Å²) in [6.07, 6.45) is 0. The van der Waals surface area contributed by atoms with Gasteiger partial charge >= 0.3 is 5.97 Å².